The molecule has 0 aliphatic heterocycles. The maximum Gasteiger partial charge on any atom is 0.132 e. The van der Waals surface area contributed by atoms with E-state index in [1.54, 1.807) is 4.68 Å². The highest BCUT2D eigenvalue weighted by molar-refractivity contribution is 5.26. The molecule has 4 nitrogen and oxygen atoms in total. The normalized spacial score (nSPS) is 10.4. The van der Waals surface area contributed by atoms with Gasteiger partial charge in [0.05, 0.1) is 12.3 Å². The van der Waals surface area contributed by atoms with Crippen LogP contribution in [-0.2, 0) is 20.3 Å². The van der Waals surface area contributed by atoms with E-state index in [2.05, 4.69) is 5.10 Å². The molecule has 1 aromatic heterocycles. The van der Waals surface area contributed by atoms with Crippen LogP contribution in [0.2, 0.25) is 0 Å². The zero-order chi connectivity index (χ0) is 11.4. The Morgan fingerprint density at radius 2 is 2.00 bits per heavy atom. The van der Waals surface area contributed by atoms with Gasteiger partial charge in [0.1, 0.15) is 12.4 Å². The van der Waals surface area contributed by atoms with Gasteiger partial charge >= 0.3 is 0 Å². The topological polar surface area (TPSA) is 47.3 Å². The Morgan fingerprint density at radius 3 is 2.56 bits per heavy atom. The molecular weight excluding hydrogens is 204 g/mol. The van der Waals surface area contributed by atoms with Gasteiger partial charge in [0, 0.05) is 13.2 Å². The van der Waals surface area contributed by atoms with Gasteiger partial charge in [0.2, 0.25) is 0 Å². The van der Waals surface area contributed by atoms with Crippen LogP contribution < -0.4 is 4.74 Å². The van der Waals surface area contributed by atoms with Gasteiger partial charge in [-0.25, -0.2) is 0 Å². The predicted octanol–water partition coefficient (Wildman–Crippen LogP) is 1.49. The number of aliphatic hydroxyl groups excluding tert-OH is 1. The van der Waals surface area contributed by atoms with Crippen molar-refractivity contribution in [2.24, 2.45) is 7.05 Å². The Labute approximate surface area is 94.1 Å². The van der Waals surface area contributed by atoms with Crippen molar-refractivity contribution in [1.82, 2.24) is 9.78 Å². The number of aliphatic hydroxyl groups is 1. The molecule has 0 atom stereocenters. The van der Waals surface area contributed by atoms with Crippen LogP contribution in [-0.4, -0.2) is 14.9 Å². The zero-order valence-electron chi connectivity index (χ0n) is 9.13. The second-order valence-electron chi connectivity index (χ2n) is 3.57. The van der Waals surface area contributed by atoms with Crippen molar-refractivity contribution in [2.75, 3.05) is 0 Å². The first-order chi connectivity index (χ1) is 7.78. The van der Waals surface area contributed by atoms with Crippen LogP contribution in [0, 0.1) is 0 Å². The molecule has 0 fully saturated rings. The van der Waals surface area contributed by atoms with E-state index in [1.807, 2.05) is 43.6 Å². The molecule has 2 rings (SSSR count). The average Bonchev–Trinajstić information content (AvgIpc) is 2.73. The number of rotatable bonds is 4. The maximum absolute atomic E-state index is 8.89. The first-order valence-electron chi connectivity index (χ1n) is 5.09. The van der Waals surface area contributed by atoms with Gasteiger partial charge in [-0.1, -0.05) is 12.1 Å². The molecule has 1 aromatic carbocycles. The molecule has 0 radical (unpaired) electrons. The number of benzene rings is 1. The van der Waals surface area contributed by atoms with Gasteiger partial charge in [-0.3, -0.25) is 4.68 Å². The van der Waals surface area contributed by atoms with Crippen molar-refractivity contribution >= 4 is 0 Å². The number of aryl methyl sites for hydroxylation is 1. The Kier molecular flexibility index (Phi) is 3.22. The molecule has 0 unspecified atom stereocenters. The summed E-state index contributed by atoms with van der Waals surface area (Å²) in [5, 5.41) is 13.1. The second-order valence-corrected chi connectivity index (χ2v) is 3.57. The second kappa shape index (κ2) is 4.81. The van der Waals surface area contributed by atoms with Gasteiger partial charge in [-0.05, 0) is 23.8 Å². The van der Waals surface area contributed by atoms with Crippen molar-refractivity contribution in [1.29, 1.82) is 0 Å². The molecule has 0 aliphatic carbocycles. The van der Waals surface area contributed by atoms with E-state index < -0.39 is 0 Å². The monoisotopic (exact) mass is 218 g/mol. The fourth-order valence-electron chi connectivity index (χ4n) is 1.39. The molecule has 0 spiro atoms. The van der Waals surface area contributed by atoms with Gasteiger partial charge in [-0.15, -0.1) is 0 Å². The van der Waals surface area contributed by atoms with E-state index in [4.69, 9.17) is 9.84 Å². The summed E-state index contributed by atoms with van der Waals surface area (Å²) in [6.07, 6.45) is 1.88. The van der Waals surface area contributed by atoms with Crippen molar-refractivity contribution in [2.45, 2.75) is 13.2 Å². The van der Waals surface area contributed by atoms with Crippen LogP contribution in [0.4, 0.5) is 0 Å². The third-order valence-electron chi connectivity index (χ3n) is 2.26. The number of hydrogen-bond acceptors (Lipinski definition) is 3. The van der Waals surface area contributed by atoms with E-state index in [-0.39, 0.29) is 6.61 Å². The summed E-state index contributed by atoms with van der Waals surface area (Å²) in [6.45, 7) is 0.514. The largest absolute Gasteiger partial charge is 0.487 e. The van der Waals surface area contributed by atoms with Crippen LogP contribution in [0.3, 0.4) is 0 Å². The minimum absolute atomic E-state index is 0.0561. The lowest BCUT2D eigenvalue weighted by atomic mass is 10.2. The molecule has 1 heterocycles. The van der Waals surface area contributed by atoms with Gasteiger partial charge in [0.25, 0.3) is 0 Å². The highest BCUT2D eigenvalue weighted by atomic mass is 16.5. The smallest absolute Gasteiger partial charge is 0.132 e. The van der Waals surface area contributed by atoms with Gasteiger partial charge in [0.15, 0.2) is 0 Å². The van der Waals surface area contributed by atoms with Crippen LogP contribution in [0.1, 0.15) is 11.3 Å². The maximum atomic E-state index is 8.89. The molecule has 84 valence electrons. The zero-order valence-corrected chi connectivity index (χ0v) is 9.13. The molecule has 0 saturated carbocycles. The highest BCUT2D eigenvalue weighted by Crippen LogP contribution is 2.13. The molecule has 1 N–H and O–H groups in total. The van der Waals surface area contributed by atoms with Crippen LogP contribution in [0.5, 0.6) is 5.75 Å². The predicted molar refractivity (Wildman–Crippen MR) is 59.9 cm³/mol. The molecule has 2 aromatic rings. The quantitative estimate of drug-likeness (QED) is 0.845. The Bertz CT molecular complexity index is 448. The third kappa shape index (κ3) is 2.61. The molecule has 0 amide bonds. The van der Waals surface area contributed by atoms with Gasteiger partial charge in [-0.2, -0.15) is 5.10 Å². The van der Waals surface area contributed by atoms with Crippen molar-refractivity contribution < 1.29 is 9.84 Å². The lowest BCUT2D eigenvalue weighted by molar-refractivity contribution is 0.280. The Morgan fingerprint density at radius 1 is 1.25 bits per heavy atom. The molecule has 4 heteroatoms. The SMILES string of the molecule is Cn1ccc(COc2ccc(CO)cc2)n1. The summed E-state index contributed by atoms with van der Waals surface area (Å²) in [7, 11) is 1.87. The summed E-state index contributed by atoms with van der Waals surface area (Å²) in [4.78, 5) is 0. The first-order valence-corrected chi connectivity index (χ1v) is 5.09. The van der Waals surface area contributed by atoms with E-state index in [9.17, 15) is 0 Å². The van der Waals surface area contributed by atoms with E-state index in [1.165, 1.54) is 0 Å². The Balaban J connectivity index is 1.94. The standard InChI is InChI=1S/C12H14N2O2/c1-14-7-6-11(13-14)9-16-12-4-2-10(8-15)3-5-12/h2-7,15H,8-9H2,1H3. The van der Waals surface area contributed by atoms with E-state index in [0.717, 1.165) is 17.0 Å². The minimum atomic E-state index is 0.0561. The lowest BCUT2D eigenvalue weighted by Gasteiger charge is -2.04. The molecular formula is C12H14N2O2. The van der Waals surface area contributed by atoms with Crippen LogP contribution in [0.25, 0.3) is 0 Å². The lowest BCUT2D eigenvalue weighted by Crippen LogP contribution is -1.98. The fraction of sp³-hybridized carbons (Fsp3) is 0.250. The number of ether oxygens (including phenoxy) is 1. The van der Waals surface area contributed by atoms with E-state index >= 15 is 0 Å². The minimum Gasteiger partial charge on any atom is -0.487 e. The highest BCUT2D eigenvalue weighted by Gasteiger charge is 1.98. The van der Waals surface area contributed by atoms with Gasteiger partial charge < -0.3 is 9.84 Å². The third-order valence-corrected chi connectivity index (χ3v) is 2.26. The fourth-order valence-corrected chi connectivity index (χ4v) is 1.39. The number of hydrogen-bond donors (Lipinski definition) is 1. The summed E-state index contributed by atoms with van der Waals surface area (Å²) in [5.74, 6) is 0.780. The summed E-state index contributed by atoms with van der Waals surface area (Å²) >= 11 is 0. The molecule has 0 saturated heterocycles. The summed E-state index contributed by atoms with van der Waals surface area (Å²) < 4.78 is 7.29. The van der Waals surface area contributed by atoms with Crippen LogP contribution in [0.15, 0.2) is 36.5 Å². The summed E-state index contributed by atoms with van der Waals surface area (Å²) in [5.41, 5.74) is 1.78. The first kappa shape index (κ1) is 10.7. The van der Waals surface area contributed by atoms with Crippen molar-refractivity contribution in [3.63, 3.8) is 0 Å². The summed E-state index contributed by atoms with van der Waals surface area (Å²) in [6, 6.07) is 9.28. The van der Waals surface area contributed by atoms with Crippen molar-refractivity contribution in [3.05, 3.63) is 47.8 Å². The number of nitrogens with zero attached hydrogens (tertiary/aromatic N) is 2. The molecule has 16 heavy (non-hydrogen) atoms. The molecule has 0 aliphatic rings. The van der Waals surface area contributed by atoms with Crippen LogP contribution >= 0.6 is 0 Å². The van der Waals surface area contributed by atoms with E-state index in [0.29, 0.717) is 6.61 Å². The number of aromatic nitrogens is 2. The molecule has 0 bridgehead atoms. The van der Waals surface area contributed by atoms with Crippen molar-refractivity contribution in [3.8, 4) is 5.75 Å². The average molecular weight is 218 g/mol. The Hall–Kier alpha value is -1.81.